The molecule has 30 heavy (non-hydrogen) atoms. The van der Waals surface area contributed by atoms with Gasteiger partial charge in [0.2, 0.25) is 11.9 Å². The molecule has 2 saturated heterocycles. The predicted octanol–water partition coefficient (Wildman–Crippen LogP) is 2.18. The van der Waals surface area contributed by atoms with Gasteiger partial charge in [-0.2, -0.15) is 5.10 Å². The number of para-hydroxylation sites is 1. The maximum absolute atomic E-state index is 12.6. The monoisotopic (exact) mass is 406 g/mol. The quantitative estimate of drug-likeness (QED) is 0.674. The van der Waals surface area contributed by atoms with Crippen molar-refractivity contribution in [3.63, 3.8) is 0 Å². The van der Waals surface area contributed by atoms with Crippen LogP contribution in [0.4, 0.5) is 5.95 Å². The molecular weight excluding hydrogens is 380 g/mol. The van der Waals surface area contributed by atoms with Gasteiger partial charge in [-0.3, -0.25) is 9.89 Å². The highest BCUT2D eigenvalue weighted by Crippen LogP contribution is 2.27. The molecule has 1 atom stereocenters. The van der Waals surface area contributed by atoms with Crippen LogP contribution in [0.2, 0.25) is 0 Å². The maximum atomic E-state index is 12.6. The number of H-pyrrole nitrogens is 1. The number of anilines is 1. The van der Waals surface area contributed by atoms with Crippen molar-refractivity contribution in [1.29, 1.82) is 0 Å². The van der Waals surface area contributed by atoms with Gasteiger partial charge in [-0.25, -0.2) is 9.97 Å². The van der Waals surface area contributed by atoms with E-state index in [1.807, 2.05) is 36.5 Å². The van der Waals surface area contributed by atoms with Crippen LogP contribution in [0.15, 0.2) is 36.5 Å². The molecule has 1 amide bonds. The molecule has 0 saturated carbocycles. The first-order valence-electron chi connectivity index (χ1n) is 10.6. The zero-order valence-electron chi connectivity index (χ0n) is 16.9. The fourth-order valence-corrected chi connectivity index (χ4v) is 4.38. The minimum atomic E-state index is 0.00753. The van der Waals surface area contributed by atoms with Gasteiger partial charge in [0.25, 0.3) is 0 Å². The molecule has 4 heterocycles. The van der Waals surface area contributed by atoms with Gasteiger partial charge in [-0.05, 0) is 31.4 Å². The fourth-order valence-electron chi connectivity index (χ4n) is 4.38. The number of hydrogen-bond donors (Lipinski definition) is 2. The van der Waals surface area contributed by atoms with Gasteiger partial charge in [-0.15, -0.1) is 0 Å². The lowest BCUT2D eigenvalue weighted by Gasteiger charge is -2.23. The Balaban J connectivity index is 1.19. The number of aromatic amines is 1. The average Bonchev–Trinajstić information content (AvgIpc) is 3.42. The Morgan fingerprint density at radius 1 is 1.20 bits per heavy atom. The van der Waals surface area contributed by atoms with Crippen LogP contribution in [0.25, 0.3) is 10.9 Å². The Labute approximate surface area is 175 Å². The lowest BCUT2D eigenvalue weighted by molar-refractivity contribution is -0.121. The number of nitrogens with zero attached hydrogens (tertiary/aromatic N) is 4. The first kappa shape index (κ1) is 19.0. The Hall–Kier alpha value is -3.00. The van der Waals surface area contributed by atoms with E-state index >= 15 is 0 Å². The van der Waals surface area contributed by atoms with E-state index in [1.165, 1.54) is 0 Å². The summed E-state index contributed by atoms with van der Waals surface area (Å²) in [7, 11) is 0. The summed E-state index contributed by atoms with van der Waals surface area (Å²) < 4.78 is 5.46. The van der Waals surface area contributed by atoms with Gasteiger partial charge in [0.1, 0.15) is 0 Å². The standard InChI is InChI=1S/C22H26N6O2/c29-21(13-20-17-3-1-2-4-19(17)26-27-20)24-16-6-10-28(14-16)22-23-9-5-18(25-22)15-7-11-30-12-8-15/h1-5,9,15-16H,6-8,10-14H2,(H,24,29)(H,26,27). The summed E-state index contributed by atoms with van der Waals surface area (Å²) in [5.74, 6) is 1.21. The highest BCUT2D eigenvalue weighted by atomic mass is 16.5. The second kappa shape index (κ2) is 8.39. The number of hydrogen-bond acceptors (Lipinski definition) is 6. The molecule has 1 unspecified atom stereocenters. The largest absolute Gasteiger partial charge is 0.381 e. The molecule has 0 bridgehead atoms. The third kappa shape index (κ3) is 4.00. The topological polar surface area (TPSA) is 96.0 Å². The van der Waals surface area contributed by atoms with Crippen molar-refractivity contribution < 1.29 is 9.53 Å². The van der Waals surface area contributed by atoms with Crippen molar-refractivity contribution in [2.75, 3.05) is 31.2 Å². The summed E-state index contributed by atoms with van der Waals surface area (Å²) >= 11 is 0. The van der Waals surface area contributed by atoms with E-state index in [1.54, 1.807) is 0 Å². The number of aromatic nitrogens is 4. The highest BCUT2D eigenvalue weighted by Gasteiger charge is 2.27. The van der Waals surface area contributed by atoms with Gasteiger partial charge < -0.3 is 15.0 Å². The van der Waals surface area contributed by atoms with Crippen LogP contribution in [-0.2, 0) is 16.0 Å². The molecule has 2 aliphatic heterocycles. The number of ether oxygens (including phenoxy) is 1. The predicted molar refractivity (Wildman–Crippen MR) is 113 cm³/mol. The highest BCUT2D eigenvalue weighted by molar-refractivity contribution is 5.87. The minimum absolute atomic E-state index is 0.00753. The van der Waals surface area contributed by atoms with Gasteiger partial charge in [0.05, 0.1) is 17.6 Å². The summed E-state index contributed by atoms with van der Waals surface area (Å²) in [6.07, 6.45) is 5.06. The van der Waals surface area contributed by atoms with E-state index in [-0.39, 0.29) is 11.9 Å². The first-order valence-corrected chi connectivity index (χ1v) is 10.6. The van der Waals surface area contributed by atoms with Gasteiger partial charge in [0.15, 0.2) is 0 Å². The average molecular weight is 406 g/mol. The third-order valence-electron chi connectivity index (χ3n) is 6.02. The molecule has 8 heteroatoms. The molecule has 2 aromatic heterocycles. The van der Waals surface area contributed by atoms with Crippen LogP contribution in [0.5, 0.6) is 0 Å². The van der Waals surface area contributed by atoms with Crippen LogP contribution < -0.4 is 10.2 Å². The lowest BCUT2D eigenvalue weighted by Crippen LogP contribution is -2.38. The van der Waals surface area contributed by atoms with Crippen LogP contribution >= 0.6 is 0 Å². The molecule has 2 aliphatic rings. The number of benzene rings is 1. The third-order valence-corrected chi connectivity index (χ3v) is 6.02. The van der Waals surface area contributed by atoms with E-state index < -0.39 is 0 Å². The Bertz CT molecular complexity index is 1030. The summed E-state index contributed by atoms with van der Waals surface area (Å²) in [6.45, 7) is 3.17. The maximum Gasteiger partial charge on any atom is 0.226 e. The number of carbonyl (C=O) groups excluding carboxylic acids is 1. The Morgan fingerprint density at radius 2 is 2.07 bits per heavy atom. The molecule has 0 aliphatic carbocycles. The first-order chi connectivity index (χ1) is 14.8. The van der Waals surface area contributed by atoms with E-state index in [0.717, 1.165) is 73.8 Å². The number of amides is 1. The molecule has 5 rings (SSSR count). The van der Waals surface area contributed by atoms with Crippen molar-refractivity contribution in [3.05, 3.63) is 47.9 Å². The molecule has 1 aromatic carbocycles. The molecule has 3 aromatic rings. The summed E-state index contributed by atoms with van der Waals surface area (Å²) in [6, 6.07) is 9.95. The summed E-state index contributed by atoms with van der Waals surface area (Å²) in [4.78, 5) is 24.1. The summed E-state index contributed by atoms with van der Waals surface area (Å²) in [5.41, 5.74) is 2.83. The number of nitrogens with one attached hydrogen (secondary N) is 2. The second-order valence-corrected chi connectivity index (χ2v) is 8.06. The fraction of sp³-hybridized carbons (Fsp3) is 0.455. The van der Waals surface area contributed by atoms with Crippen LogP contribution in [0, 0.1) is 0 Å². The Kier molecular flexibility index (Phi) is 5.31. The minimum Gasteiger partial charge on any atom is -0.381 e. The van der Waals surface area contributed by atoms with Gasteiger partial charge in [-0.1, -0.05) is 18.2 Å². The van der Waals surface area contributed by atoms with Crippen molar-refractivity contribution in [3.8, 4) is 0 Å². The summed E-state index contributed by atoms with van der Waals surface area (Å²) in [5, 5.41) is 11.4. The van der Waals surface area contributed by atoms with Crippen molar-refractivity contribution in [2.24, 2.45) is 0 Å². The smallest absolute Gasteiger partial charge is 0.226 e. The SMILES string of the molecule is O=C(Cc1[nH]nc2ccccc12)NC1CCN(c2nccc(C3CCOCC3)n2)C1. The van der Waals surface area contributed by atoms with Crippen molar-refractivity contribution >= 4 is 22.8 Å². The number of rotatable bonds is 5. The van der Waals surface area contributed by atoms with Crippen molar-refractivity contribution in [2.45, 2.75) is 37.6 Å². The van der Waals surface area contributed by atoms with Gasteiger partial charge >= 0.3 is 0 Å². The zero-order valence-corrected chi connectivity index (χ0v) is 16.9. The molecule has 2 fully saturated rings. The van der Waals surface area contributed by atoms with Crippen molar-refractivity contribution in [1.82, 2.24) is 25.5 Å². The van der Waals surface area contributed by atoms with Crippen LogP contribution in [-0.4, -0.2) is 58.4 Å². The van der Waals surface area contributed by atoms with E-state index in [9.17, 15) is 4.79 Å². The van der Waals surface area contributed by atoms with E-state index in [4.69, 9.17) is 9.72 Å². The van der Waals surface area contributed by atoms with Crippen LogP contribution in [0.3, 0.4) is 0 Å². The van der Waals surface area contributed by atoms with Gasteiger partial charge in [0, 0.05) is 55.5 Å². The molecule has 8 nitrogen and oxygen atoms in total. The number of carbonyl (C=O) groups is 1. The molecule has 2 N–H and O–H groups in total. The molecule has 0 spiro atoms. The Morgan fingerprint density at radius 3 is 2.97 bits per heavy atom. The zero-order chi connectivity index (χ0) is 20.3. The van der Waals surface area contributed by atoms with E-state index in [0.29, 0.717) is 12.3 Å². The normalized spacial score (nSPS) is 20.0. The molecular formula is C22H26N6O2. The lowest BCUT2D eigenvalue weighted by atomic mass is 9.96. The molecule has 0 radical (unpaired) electrons. The number of fused-ring (bicyclic) bond motifs is 1. The van der Waals surface area contributed by atoms with Crippen LogP contribution in [0.1, 0.15) is 36.6 Å². The van der Waals surface area contributed by atoms with E-state index in [2.05, 4.69) is 25.4 Å². The molecule has 156 valence electrons. The second-order valence-electron chi connectivity index (χ2n) is 8.06.